The summed E-state index contributed by atoms with van der Waals surface area (Å²) in [7, 11) is 6.28. The second kappa shape index (κ2) is 10.9. The molecule has 0 spiro atoms. The van der Waals surface area contributed by atoms with Gasteiger partial charge in [0.25, 0.3) is 0 Å². The molecule has 9 heteroatoms. The number of thioether (sulfide) groups is 1. The third kappa shape index (κ3) is 4.97. The lowest BCUT2D eigenvalue weighted by Crippen LogP contribution is -2.38. The Hall–Kier alpha value is -3.72. The molecule has 0 aromatic heterocycles. The van der Waals surface area contributed by atoms with Crippen LogP contribution in [-0.2, 0) is 20.9 Å². The van der Waals surface area contributed by atoms with Crippen molar-refractivity contribution in [2.45, 2.75) is 25.9 Å². The molecule has 1 atom stereocenters. The van der Waals surface area contributed by atoms with E-state index in [1.54, 1.807) is 39.2 Å². The van der Waals surface area contributed by atoms with Crippen molar-refractivity contribution in [3.63, 3.8) is 0 Å². The molecule has 2 aromatic carbocycles. The molecule has 2 aromatic rings. The van der Waals surface area contributed by atoms with E-state index in [0.717, 1.165) is 16.8 Å². The van der Waals surface area contributed by atoms with Crippen LogP contribution in [0.2, 0.25) is 0 Å². The summed E-state index contributed by atoms with van der Waals surface area (Å²) in [6.07, 6.45) is 0.159. The van der Waals surface area contributed by atoms with Crippen molar-refractivity contribution >= 4 is 28.8 Å². The van der Waals surface area contributed by atoms with Crippen LogP contribution in [0.1, 0.15) is 30.5 Å². The number of hydrogen-bond acceptors (Lipinski definition) is 8. The summed E-state index contributed by atoms with van der Waals surface area (Å²) in [5.41, 5.74) is 3.59. The monoisotopic (exact) mass is 507 g/mol. The average Bonchev–Trinajstić information content (AvgIpc) is 3.29. The van der Waals surface area contributed by atoms with Crippen molar-refractivity contribution in [2.24, 2.45) is 4.99 Å². The van der Waals surface area contributed by atoms with Gasteiger partial charge in [-0.2, -0.15) is 0 Å². The van der Waals surface area contributed by atoms with E-state index in [2.05, 4.69) is 4.99 Å². The van der Waals surface area contributed by atoms with E-state index in [4.69, 9.17) is 14.2 Å². The molecule has 1 amide bonds. The van der Waals surface area contributed by atoms with E-state index in [0.29, 0.717) is 34.5 Å². The number of ether oxygens (including phenoxy) is 3. The lowest BCUT2D eigenvalue weighted by atomic mass is 9.93. The smallest absolute Gasteiger partial charge is 0.338 e. The maximum absolute atomic E-state index is 13.2. The van der Waals surface area contributed by atoms with Gasteiger partial charge in [0.1, 0.15) is 0 Å². The van der Waals surface area contributed by atoms with Crippen molar-refractivity contribution in [3.05, 3.63) is 82.0 Å². The summed E-state index contributed by atoms with van der Waals surface area (Å²) >= 11 is 1.43. The number of rotatable bonds is 8. The van der Waals surface area contributed by atoms with Crippen molar-refractivity contribution in [1.29, 1.82) is 0 Å². The van der Waals surface area contributed by atoms with Gasteiger partial charge in [-0.05, 0) is 35.6 Å². The fourth-order valence-electron chi connectivity index (χ4n) is 4.31. The minimum atomic E-state index is -0.543. The predicted molar refractivity (Wildman–Crippen MR) is 139 cm³/mol. The predicted octanol–water partition coefficient (Wildman–Crippen LogP) is 4.50. The Morgan fingerprint density at radius 2 is 1.78 bits per heavy atom. The Morgan fingerprint density at radius 1 is 1.06 bits per heavy atom. The van der Waals surface area contributed by atoms with Gasteiger partial charge in [0.05, 0.1) is 45.1 Å². The zero-order chi connectivity index (χ0) is 25.8. The molecule has 0 N–H and O–H groups in total. The maximum Gasteiger partial charge on any atom is 0.338 e. The molecule has 0 saturated heterocycles. The summed E-state index contributed by atoms with van der Waals surface area (Å²) in [4.78, 5) is 34.5. The number of hydrogen-bond donors (Lipinski definition) is 0. The fraction of sp³-hybridized carbons (Fsp3) is 0.296. The minimum absolute atomic E-state index is 0.0380. The van der Waals surface area contributed by atoms with Crippen LogP contribution in [0.4, 0.5) is 0 Å². The molecule has 0 aliphatic carbocycles. The quantitative estimate of drug-likeness (QED) is 0.487. The number of aliphatic imine (C=N–C) groups is 1. The molecule has 0 fully saturated rings. The van der Waals surface area contributed by atoms with E-state index < -0.39 is 12.0 Å². The highest BCUT2D eigenvalue weighted by Crippen LogP contribution is 2.46. The van der Waals surface area contributed by atoms with Crippen LogP contribution in [0.25, 0.3) is 0 Å². The number of methoxy groups -OCH3 is 3. The van der Waals surface area contributed by atoms with Gasteiger partial charge in [0, 0.05) is 19.3 Å². The number of fused-ring (bicyclic) bond motifs is 1. The van der Waals surface area contributed by atoms with Gasteiger partial charge in [0.2, 0.25) is 5.91 Å². The highest BCUT2D eigenvalue weighted by atomic mass is 32.2. The number of benzene rings is 2. The second-order valence-corrected chi connectivity index (χ2v) is 9.25. The summed E-state index contributed by atoms with van der Waals surface area (Å²) in [6, 6.07) is 14.8. The molecule has 188 valence electrons. The Bertz CT molecular complexity index is 1260. The second-order valence-electron chi connectivity index (χ2n) is 8.41. The minimum Gasteiger partial charge on any atom is -0.493 e. The van der Waals surface area contributed by atoms with Crippen molar-refractivity contribution < 1.29 is 23.8 Å². The summed E-state index contributed by atoms with van der Waals surface area (Å²) in [5, 5.41) is 2.63. The van der Waals surface area contributed by atoms with Crippen molar-refractivity contribution in [1.82, 2.24) is 9.80 Å². The molecular weight excluding hydrogens is 478 g/mol. The van der Waals surface area contributed by atoms with E-state index in [1.165, 1.54) is 18.9 Å². The Morgan fingerprint density at radius 3 is 2.44 bits per heavy atom. The molecule has 2 aliphatic rings. The summed E-state index contributed by atoms with van der Waals surface area (Å²) in [5.74, 6) is 0.607. The molecule has 2 aliphatic heterocycles. The molecule has 0 bridgehead atoms. The first-order valence-electron chi connectivity index (χ1n) is 11.4. The van der Waals surface area contributed by atoms with Gasteiger partial charge in [-0.15, -0.1) is 0 Å². The third-order valence-corrected chi connectivity index (χ3v) is 7.04. The van der Waals surface area contributed by atoms with Crippen LogP contribution in [-0.4, -0.2) is 55.2 Å². The highest BCUT2D eigenvalue weighted by molar-refractivity contribution is 8.16. The first-order chi connectivity index (χ1) is 17.4. The van der Waals surface area contributed by atoms with E-state index in [9.17, 15) is 9.59 Å². The molecule has 4 rings (SSSR count). The Labute approximate surface area is 215 Å². The first kappa shape index (κ1) is 25.4. The van der Waals surface area contributed by atoms with Crippen LogP contribution in [0, 0.1) is 0 Å². The van der Waals surface area contributed by atoms with Crippen LogP contribution in [0.5, 0.6) is 11.5 Å². The molecule has 0 saturated carbocycles. The van der Waals surface area contributed by atoms with Crippen LogP contribution >= 0.6 is 11.8 Å². The molecule has 8 nitrogen and oxygen atoms in total. The molecule has 0 radical (unpaired) electrons. The first-order valence-corrected chi connectivity index (χ1v) is 12.3. The Balaban J connectivity index is 1.68. The van der Waals surface area contributed by atoms with Crippen LogP contribution in [0.3, 0.4) is 0 Å². The number of carbonyl (C=O) groups is 2. The number of esters is 1. The highest BCUT2D eigenvalue weighted by Gasteiger charge is 2.41. The largest absolute Gasteiger partial charge is 0.493 e. The van der Waals surface area contributed by atoms with Crippen molar-refractivity contribution in [2.75, 3.05) is 28.4 Å². The average molecular weight is 508 g/mol. The standard InChI is InChI=1S/C27H29N3O5S/c1-17-24(26(32)35-5)25(19-11-12-21(33-3)22(13-19)34-4)30-20(16-36-27(30)28-17)14-23(31)29(2)15-18-9-7-6-8-10-18/h6-13,16,25H,14-15H2,1-5H3. The SMILES string of the molecule is COC(=O)C1=C(C)N=C2SC=C(CC(=O)N(C)Cc3ccccc3)N2C1c1ccc(OC)c(OC)c1. The lowest BCUT2D eigenvalue weighted by molar-refractivity contribution is -0.136. The normalized spacial score (nSPS) is 16.7. The molecule has 1 unspecified atom stereocenters. The van der Waals surface area contributed by atoms with E-state index >= 15 is 0 Å². The van der Waals surface area contributed by atoms with Crippen molar-refractivity contribution in [3.8, 4) is 11.5 Å². The van der Waals surface area contributed by atoms with Crippen LogP contribution in [0.15, 0.2) is 75.9 Å². The van der Waals surface area contributed by atoms with E-state index in [1.807, 2.05) is 52.8 Å². The van der Waals surface area contributed by atoms with Crippen LogP contribution < -0.4 is 9.47 Å². The fourth-order valence-corrected chi connectivity index (χ4v) is 5.28. The number of nitrogens with zero attached hydrogens (tertiary/aromatic N) is 3. The number of allylic oxidation sites excluding steroid dienone is 1. The lowest BCUT2D eigenvalue weighted by Gasteiger charge is -2.36. The summed E-state index contributed by atoms with van der Waals surface area (Å²) < 4.78 is 16.1. The van der Waals surface area contributed by atoms with Gasteiger partial charge in [0.15, 0.2) is 16.7 Å². The van der Waals surface area contributed by atoms with Gasteiger partial charge < -0.3 is 24.0 Å². The Kier molecular flexibility index (Phi) is 7.69. The zero-order valence-electron chi connectivity index (χ0n) is 21.0. The number of carbonyl (C=O) groups excluding carboxylic acids is 2. The molecule has 2 heterocycles. The van der Waals surface area contributed by atoms with Gasteiger partial charge in [-0.3, -0.25) is 4.79 Å². The summed E-state index contributed by atoms with van der Waals surface area (Å²) in [6.45, 7) is 2.30. The number of amides is 1. The van der Waals surface area contributed by atoms with Gasteiger partial charge in [-0.25, -0.2) is 9.79 Å². The number of amidine groups is 1. The van der Waals surface area contributed by atoms with Gasteiger partial charge in [-0.1, -0.05) is 48.2 Å². The topological polar surface area (TPSA) is 80.7 Å². The van der Waals surface area contributed by atoms with Gasteiger partial charge >= 0.3 is 5.97 Å². The maximum atomic E-state index is 13.2. The van der Waals surface area contributed by atoms with E-state index in [-0.39, 0.29) is 12.3 Å². The third-order valence-electron chi connectivity index (χ3n) is 6.15. The molecule has 36 heavy (non-hydrogen) atoms. The zero-order valence-corrected chi connectivity index (χ0v) is 21.8. The molecular formula is C27H29N3O5S.